The lowest BCUT2D eigenvalue weighted by atomic mass is 10.1. The number of aryl methyl sites for hydroxylation is 1. The molecule has 0 aliphatic heterocycles. The third kappa shape index (κ3) is 5.93. The van der Waals surface area contributed by atoms with Crippen LogP contribution >= 0.6 is 34.9 Å². The van der Waals surface area contributed by atoms with Crippen LogP contribution in [-0.4, -0.2) is 23.4 Å². The quantitative estimate of drug-likeness (QED) is 0.239. The van der Waals surface area contributed by atoms with Gasteiger partial charge in [0.25, 0.3) is 17.2 Å². The minimum atomic E-state index is -2.52. The van der Waals surface area contributed by atoms with Crippen LogP contribution in [0.4, 0.5) is 11.5 Å². The van der Waals surface area contributed by atoms with Crippen molar-refractivity contribution in [1.82, 2.24) is 14.1 Å². The van der Waals surface area contributed by atoms with Gasteiger partial charge in [0, 0.05) is 16.5 Å². The first-order valence-electron chi connectivity index (χ1n) is 10.9. The molecule has 1 heterocycles. The van der Waals surface area contributed by atoms with Crippen LogP contribution in [0, 0.1) is 6.92 Å². The Morgan fingerprint density at radius 2 is 1.86 bits per heavy atom. The lowest BCUT2D eigenvalue weighted by molar-refractivity contribution is 0.0940. The third-order valence-corrected chi connectivity index (χ3v) is 7.29. The molecular formula is C25H22Cl2N4O3S2. The van der Waals surface area contributed by atoms with E-state index in [-0.39, 0.29) is 17.1 Å². The molecule has 186 valence electrons. The molecule has 1 amide bonds. The van der Waals surface area contributed by atoms with Crippen molar-refractivity contribution >= 4 is 63.6 Å². The first-order chi connectivity index (χ1) is 17.2. The van der Waals surface area contributed by atoms with Crippen LogP contribution in [0.1, 0.15) is 45.7 Å². The Hall–Kier alpha value is -2.82. The number of rotatable bonds is 8. The fraction of sp³-hybridized carbons (Fsp3) is 0.160. The molecule has 4 rings (SSSR count). The molecule has 7 nitrogen and oxygen atoms in total. The van der Waals surface area contributed by atoms with Gasteiger partial charge in [0.05, 0.1) is 29.0 Å². The van der Waals surface area contributed by atoms with Crippen molar-refractivity contribution < 1.29 is 13.6 Å². The van der Waals surface area contributed by atoms with Gasteiger partial charge in [-0.3, -0.25) is 9.35 Å². The number of halogens is 2. The number of nitrogens with one attached hydrogen (secondary N) is 1. The summed E-state index contributed by atoms with van der Waals surface area (Å²) in [5.74, 6) is -0.218. The number of benzene rings is 3. The van der Waals surface area contributed by atoms with Crippen LogP contribution in [0.3, 0.4) is 0 Å². The molecule has 2 unspecified atom stereocenters. The highest BCUT2D eigenvalue weighted by Crippen LogP contribution is 2.34. The van der Waals surface area contributed by atoms with Crippen LogP contribution < -0.4 is 9.62 Å². The summed E-state index contributed by atoms with van der Waals surface area (Å²) in [6, 6.07) is 19.3. The molecule has 36 heavy (non-hydrogen) atoms. The van der Waals surface area contributed by atoms with Gasteiger partial charge in [0.15, 0.2) is 5.82 Å². The summed E-state index contributed by atoms with van der Waals surface area (Å²) in [7, 11) is 0. The Morgan fingerprint density at radius 3 is 2.56 bits per heavy atom. The molecule has 2 atom stereocenters. The molecule has 4 aromatic rings. The molecule has 0 radical (unpaired) electrons. The molecular weight excluding hydrogens is 539 g/mol. The van der Waals surface area contributed by atoms with Gasteiger partial charge in [-0.2, -0.15) is 8.75 Å². The zero-order chi connectivity index (χ0) is 25.8. The monoisotopic (exact) mass is 560 g/mol. The number of carbonyl (C=O) groups excluding carboxylic acids is 1. The summed E-state index contributed by atoms with van der Waals surface area (Å²) in [6.07, 6.45) is 0.416. The van der Waals surface area contributed by atoms with Crippen molar-refractivity contribution in [1.29, 1.82) is 0 Å². The predicted molar refractivity (Wildman–Crippen MR) is 146 cm³/mol. The van der Waals surface area contributed by atoms with Gasteiger partial charge in [0.1, 0.15) is 5.69 Å². The van der Waals surface area contributed by atoms with Crippen LogP contribution in [0.5, 0.6) is 0 Å². The summed E-state index contributed by atoms with van der Waals surface area (Å²) in [6.45, 7) is 3.63. The molecule has 0 aliphatic carbocycles. The Labute approximate surface area is 225 Å². The Bertz CT molecular complexity index is 1420. The Kier molecular flexibility index (Phi) is 8.38. The molecule has 0 aliphatic rings. The number of carbonyl (C=O) groups is 1. The van der Waals surface area contributed by atoms with Gasteiger partial charge in [0.2, 0.25) is 0 Å². The maximum absolute atomic E-state index is 13.4. The van der Waals surface area contributed by atoms with Gasteiger partial charge in [-0.15, -0.1) is 0 Å². The van der Waals surface area contributed by atoms with E-state index in [2.05, 4.69) is 14.1 Å². The maximum Gasteiger partial charge on any atom is 0.268 e. The first kappa shape index (κ1) is 26.2. The van der Waals surface area contributed by atoms with Crippen molar-refractivity contribution in [2.45, 2.75) is 26.3 Å². The highest BCUT2D eigenvalue weighted by atomic mass is 35.5. The van der Waals surface area contributed by atoms with Gasteiger partial charge in [-0.25, -0.2) is 8.51 Å². The average molecular weight is 562 g/mol. The van der Waals surface area contributed by atoms with Crippen LogP contribution in [0.15, 0.2) is 66.7 Å². The fourth-order valence-corrected chi connectivity index (χ4v) is 5.52. The molecule has 11 heteroatoms. The van der Waals surface area contributed by atoms with Crippen molar-refractivity contribution in [3.05, 3.63) is 105 Å². The van der Waals surface area contributed by atoms with Crippen molar-refractivity contribution in [3.8, 4) is 0 Å². The van der Waals surface area contributed by atoms with E-state index in [0.29, 0.717) is 27.7 Å². The van der Waals surface area contributed by atoms with Gasteiger partial charge < -0.3 is 5.32 Å². The van der Waals surface area contributed by atoms with E-state index in [4.69, 9.17) is 23.2 Å². The maximum atomic E-state index is 13.4. The number of hydrogen-bond donors (Lipinski definition) is 2. The van der Waals surface area contributed by atoms with E-state index in [1.807, 2.05) is 37.3 Å². The Balaban J connectivity index is 1.70. The van der Waals surface area contributed by atoms with Gasteiger partial charge in [-0.1, -0.05) is 65.7 Å². The summed E-state index contributed by atoms with van der Waals surface area (Å²) in [5, 5.41) is 3.84. The highest BCUT2D eigenvalue weighted by molar-refractivity contribution is 7.81. The summed E-state index contributed by atoms with van der Waals surface area (Å²) < 4.78 is 32.7. The van der Waals surface area contributed by atoms with Crippen molar-refractivity contribution in [2.24, 2.45) is 0 Å². The predicted octanol–water partition coefficient (Wildman–Crippen LogP) is 6.51. The molecule has 0 spiro atoms. The first-order valence-corrected chi connectivity index (χ1v) is 13.4. The van der Waals surface area contributed by atoms with Crippen molar-refractivity contribution in [2.75, 3.05) is 4.31 Å². The summed E-state index contributed by atoms with van der Waals surface area (Å²) in [4.78, 5) is 13.4. The van der Waals surface area contributed by atoms with Gasteiger partial charge >= 0.3 is 0 Å². The zero-order valence-corrected chi connectivity index (χ0v) is 22.5. The zero-order valence-electron chi connectivity index (χ0n) is 19.3. The molecule has 0 fully saturated rings. The lowest BCUT2D eigenvalue weighted by Gasteiger charge is -2.23. The standard InChI is InChI=1S/C25H22Cl2N4O3S2/c1-15-8-10-20(25(32)28-16(2)19-11-9-18(26)14-21(19)27)23(12-15)31(36(33)34)24-22(29-35-30-24)13-17-6-4-3-5-7-17/h3-12,14,16H,13H2,1-2H3,(H,28,32)(H,33,34). The van der Waals surface area contributed by atoms with E-state index in [1.54, 1.807) is 43.3 Å². The van der Waals surface area contributed by atoms with E-state index in [1.165, 1.54) is 0 Å². The summed E-state index contributed by atoms with van der Waals surface area (Å²) in [5.41, 5.74) is 3.45. The van der Waals surface area contributed by atoms with Crippen molar-refractivity contribution in [3.63, 3.8) is 0 Å². The molecule has 1 aromatic heterocycles. The minimum Gasteiger partial charge on any atom is -0.345 e. The number of anilines is 2. The van der Waals surface area contributed by atoms with E-state index in [0.717, 1.165) is 27.2 Å². The van der Waals surface area contributed by atoms with Crippen LogP contribution in [0.2, 0.25) is 10.0 Å². The van der Waals surface area contributed by atoms with Gasteiger partial charge in [-0.05, 0) is 54.8 Å². The second-order valence-electron chi connectivity index (χ2n) is 8.10. The van der Waals surface area contributed by atoms with Crippen LogP contribution in [-0.2, 0) is 17.7 Å². The number of hydrogen-bond acceptors (Lipinski definition) is 5. The SMILES string of the molecule is Cc1ccc(C(=O)NC(C)c2ccc(Cl)cc2Cl)c(N(c2nsnc2Cc2ccccc2)S(=O)O)c1. The second kappa shape index (κ2) is 11.5. The normalized spacial score (nSPS) is 12.7. The topological polar surface area (TPSA) is 95.4 Å². The molecule has 0 bridgehead atoms. The minimum absolute atomic E-state index is 0.207. The number of amides is 1. The summed E-state index contributed by atoms with van der Waals surface area (Å²) >= 11 is 10.7. The highest BCUT2D eigenvalue weighted by Gasteiger charge is 2.28. The van der Waals surface area contributed by atoms with Crippen LogP contribution in [0.25, 0.3) is 0 Å². The Morgan fingerprint density at radius 1 is 1.11 bits per heavy atom. The molecule has 0 saturated carbocycles. The number of aromatic nitrogens is 2. The smallest absolute Gasteiger partial charge is 0.268 e. The number of nitrogens with zero attached hydrogens (tertiary/aromatic N) is 3. The molecule has 3 aromatic carbocycles. The fourth-order valence-electron chi connectivity index (χ4n) is 3.74. The average Bonchev–Trinajstić information content (AvgIpc) is 3.27. The lowest BCUT2D eigenvalue weighted by Crippen LogP contribution is -2.30. The molecule has 2 N–H and O–H groups in total. The molecule has 0 saturated heterocycles. The second-order valence-corrected chi connectivity index (χ2v) is 10.3. The van der Waals surface area contributed by atoms with E-state index < -0.39 is 23.2 Å². The van der Waals surface area contributed by atoms with E-state index >= 15 is 0 Å². The van der Waals surface area contributed by atoms with E-state index in [9.17, 15) is 13.6 Å². The largest absolute Gasteiger partial charge is 0.345 e. The third-order valence-electron chi connectivity index (χ3n) is 5.49.